The number of rotatable bonds is 8. The number of nitrogens with zero attached hydrogens (tertiary/aromatic N) is 2. The number of methoxy groups -OCH3 is 1. The Morgan fingerprint density at radius 2 is 1.96 bits per heavy atom. The number of carboxylic acids is 1. The fourth-order valence-corrected chi connectivity index (χ4v) is 3.73. The quantitative estimate of drug-likeness (QED) is 0.596. The summed E-state index contributed by atoms with van der Waals surface area (Å²) < 4.78 is 12.4. The molecule has 0 bridgehead atoms. The van der Waals surface area contributed by atoms with Crippen molar-refractivity contribution in [2.45, 2.75) is 26.3 Å². The van der Waals surface area contributed by atoms with Crippen molar-refractivity contribution in [3.05, 3.63) is 51.4 Å². The molecular formula is C19H20N2O5S. The van der Waals surface area contributed by atoms with Gasteiger partial charge >= 0.3 is 5.97 Å². The lowest BCUT2D eigenvalue weighted by molar-refractivity contribution is 0.0699. The van der Waals surface area contributed by atoms with Crippen molar-refractivity contribution in [3.8, 4) is 11.5 Å². The van der Waals surface area contributed by atoms with Gasteiger partial charge in [0, 0.05) is 18.3 Å². The summed E-state index contributed by atoms with van der Waals surface area (Å²) in [6.45, 7) is 2.76. The Hall–Kier alpha value is -2.87. The molecule has 0 fully saturated rings. The van der Waals surface area contributed by atoms with Crippen LogP contribution in [-0.2, 0) is 13.0 Å². The highest BCUT2D eigenvalue weighted by Crippen LogP contribution is 2.22. The van der Waals surface area contributed by atoms with E-state index in [1.54, 1.807) is 11.7 Å². The Morgan fingerprint density at radius 1 is 1.26 bits per heavy atom. The highest BCUT2D eigenvalue weighted by molar-refractivity contribution is 7.17. The number of hydrogen-bond donors (Lipinski definition) is 1. The minimum Gasteiger partial charge on any atom is -0.497 e. The number of thiophene rings is 1. The zero-order chi connectivity index (χ0) is 19.4. The molecule has 0 aliphatic heterocycles. The normalized spacial score (nSPS) is 10.9. The van der Waals surface area contributed by atoms with Gasteiger partial charge in [0.15, 0.2) is 0 Å². The highest BCUT2D eigenvalue weighted by Gasteiger charge is 2.18. The van der Waals surface area contributed by atoms with Crippen LogP contribution in [0.5, 0.6) is 11.5 Å². The van der Waals surface area contributed by atoms with Gasteiger partial charge in [0.05, 0.1) is 24.7 Å². The van der Waals surface area contributed by atoms with Gasteiger partial charge in [0.1, 0.15) is 22.2 Å². The van der Waals surface area contributed by atoms with Gasteiger partial charge in [-0.25, -0.2) is 9.78 Å². The first kappa shape index (κ1) is 18.9. The Kier molecular flexibility index (Phi) is 5.75. The lowest BCUT2D eigenvalue weighted by Crippen LogP contribution is -2.26. The number of aromatic nitrogens is 2. The topological polar surface area (TPSA) is 90.7 Å². The van der Waals surface area contributed by atoms with E-state index in [9.17, 15) is 14.7 Å². The van der Waals surface area contributed by atoms with Crippen molar-refractivity contribution < 1.29 is 19.4 Å². The van der Waals surface area contributed by atoms with E-state index in [2.05, 4.69) is 4.98 Å². The SMILES string of the molecule is CCc1nc2scc(C(=O)O)c2c(=O)n1CCCOc1ccc(OC)cc1. The lowest BCUT2D eigenvalue weighted by atomic mass is 10.2. The molecule has 0 spiro atoms. The average molecular weight is 388 g/mol. The third-order valence-electron chi connectivity index (χ3n) is 4.17. The van der Waals surface area contributed by atoms with Crippen LogP contribution < -0.4 is 15.0 Å². The van der Waals surface area contributed by atoms with Crippen molar-refractivity contribution in [1.82, 2.24) is 9.55 Å². The molecule has 142 valence electrons. The molecule has 0 saturated carbocycles. The number of benzene rings is 1. The summed E-state index contributed by atoms with van der Waals surface area (Å²) in [6.07, 6.45) is 1.18. The predicted octanol–water partition coefficient (Wildman–Crippen LogP) is 3.20. The predicted molar refractivity (Wildman–Crippen MR) is 103 cm³/mol. The molecule has 2 heterocycles. The maximum atomic E-state index is 12.8. The number of aromatic carboxylic acids is 1. The number of ether oxygens (including phenoxy) is 2. The number of carboxylic acid groups (broad SMARTS) is 1. The van der Waals surface area contributed by atoms with Crippen molar-refractivity contribution in [2.75, 3.05) is 13.7 Å². The molecule has 7 nitrogen and oxygen atoms in total. The molecule has 0 radical (unpaired) electrons. The van der Waals surface area contributed by atoms with Gasteiger partial charge in [-0.3, -0.25) is 9.36 Å². The van der Waals surface area contributed by atoms with E-state index < -0.39 is 5.97 Å². The minimum absolute atomic E-state index is 0.0124. The van der Waals surface area contributed by atoms with E-state index in [1.807, 2.05) is 31.2 Å². The van der Waals surface area contributed by atoms with E-state index in [1.165, 1.54) is 16.7 Å². The van der Waals surface area contributed by atoms with E-state index >= 15 is 0 Å². The minimum atomic E-state index is -1.11. The Labute approximate surface area is 159 Å². The van der Waals surface area contributed by atoms with Gasteiger partial charge in [-0.2, -0.15) is 0 Å². The summed E-state index contributed by atoms with van der Waals surface area (Å²) in [6, 6.07) is 7.27. The second-order valence-electron chi connectivity index (χ2n) is 5.85. The summed E-state index contributed by atoms with van der Waals surface area (Å²) in [7, 11) is 1.60. The summed E-state index contributed by atoms with van der Waals surface area (Å²) in [5, 5.41) is 10.9. The lowest BCUT2D eigenvalue weighted by Gasteiger charge is -2.12. The third-order valence-corrected chi connectivity index (χ3v) is 5.05. The van der Waals surface area contributed by atoms with E-state index in [0.717, 1.165) is 11.5 Å². The molecule has 2 aromatic heterocycles. The van der Waals surface area contributed by atoms with Crippen molar-refractivity contribution in [3.63, 3.8) is 0 Å². The molecule has 8 heteroatoms. The van der Waals surface area contributed by atoms with Crippen molar-refractivity contribution >= 4 is 27.5 Å². The van der Waals surface area contributed by atoms with Crippen LogP contribution in [-0.4, -0.2) is 34.3 Å². The monoisotopic (exact) mass is 388 g/mol. The van der Waals surface area contributed by atoms with Crippen LogP contribution in [0, 0.1) is 0 Å². The van der Waals surface area contributed by atoms with Crippen molar-refractivity contribution in [2.24, 2.45) is 0 Å². The number of carbonyl (C=O) groups is 1. The summed E-state index contributed by atoms with van der Waals surface area (Å²) in [5.41, 5.74) is -0.293. The van der Waals surface area contributed by atoms with E-state index in [-0.39, 0.29) is 16.5 Å². The largest absolute Gasteiger partial charge is 0.497 e. The first-order valence-electron chi connectivity index (χ1n) is 8.56. The van der Waals surface area contributed by atoms with Crippen LogP contribution in [0.2, 0.25) is 0 Å². The molecule has 0 saturated heterocycles. The van der Waals surface area contributed by atoms with Crippen LogP contribution in [0.25, 0.3) is 10.2 Å². The van der Waals surface area contributed by atoms with Gasteiger partial charge in [0.25, 0.3) is 5.56 Å². The maximum Gasteiger partial charge on any atom is 0.337 e. The zero-order valence-corrected chi connectivity index (χ0v) is 15.9. The first-order valence-corrected chi connectivity index (χ1v) is 9.44. The molecule has 0 atom stereocenters. The Morgan fingerprint density at radius 3 is 2.59 bits per heavy atom. The van der Waals surface area contributed by atoms with Gasteiger partial charge in [-0.15, -0.1) is 11.3 Å². The molecule has 3 aromatic rings. The molecule has 0 amide bonds. The van der Waals surface area contributed by atoms with Crippen LogP contribution in [0.1, 0.15) is 29.5 Å². The highest BCUT2D eigenvalue weighted by atomic mass is 32.1. The molecule has 27 heavy (non-hydrogen) atoms. The van der Waals surface area contributed by atoms with Crippen LogP contribution in [0.3, 0.4) is 0 Å². The number of hydrogen-bond acceptors (Lipinski definition) is 6. The molecule has 1 N–H and O–H groups in total. The summed E-state index contributed by atoms with van der Waals surface area (Å²) >= 11 is 1.18. The van der Waals surface area contributed by atoms with E-state index in [0.29, 0.717) is 36.6 Å². The second-order valence-corrected chi connectivity index (χ2v) is 6.71. The van der Waals surface area contributed by atoms with E-state index in [4.69, 9.17) is 9.47 Å². The fourth-order valence-electron chi connectivity index (χ4n) is 2.81. The van der Waals surface area contributed by atoms with Crippen molar-refractivity contribution in [1.29, 1.82) is 0 Å². The van der Waals surface area contributed by atoms with Gasteiger partial charge in [-0.05, 0) is 30.7 Å². The summed E-state index contributed by atoms with van der Waals surface area (Å²) in [5.74, 6) is 1.01. The molecular weight excluding hydrogens is 368 g/mol. The first-order chi connectivity index (χ1) is 13.0. The number of aryl methyl sites for hydroxylation is 1. The smallest absolute Gasteiger partial charge is 0.337 e. The molecule has 1 aromatic carbocycles. The van der Waals surface area contributed by atoms with Crippen LogP contribution in [0.4, 0.5) is 0 Å². The average Bonchev–Trinajstić information content (AvgIpc) is 3.11. The van der Waals surface area contributed by atoms with Gasteiger partial charge in [-0.1, -0.05) is 6.92 Å². The summed E-state index contributed by atoms with van der Waals surface area (Å²) in [4.78, 5) is 29.1. The standard InChI is InChI=1S/C19H20N2O5S/c1-3-15-20-17-16(14(11-27-17)19(23)24)18(22)21(15)9-4-10-26-13-7-5-12(25-2)6-8-13/h5-8,11H,3-4,9-10H2,1-2H3,(H,23,24). The fraction of sp³-hybridized carbons (Fsp3) is 0.316. The van der Waals surface area contributed by atoms with Gasteiger partial charge < -0.3 is 14.6 Å². The van der Waals surface area contributed by atoms with Gasteiger partial charge in [0.2, 0.25) is 0 Å². The Balaban J connectivity index is 1.75. The molecule has 0 unspecified atom stereocenters. The molecule has 0 aliphatic carbocycles. The van der Waals surface area contributed by atoms with Crippen LogP contribution >= 0.6 is 11.3 Å². The molecule has 0 aliphatic rings. The Bertz CT molecular complexity index is 1010. The number of fused-ring (bicyclic) bond motifs is 1. The third kappa shape index (κ3) is 3.95. The van der Waals surface area contributed by atoms with Crippen LogP contribution in [0.15, 0.2) is 34.4 Å². The zero-order valence-electron chi connectivity index (χ0n) is 15.1. The second kappa shape index (κ2) is 8.22. The maximum absolute atomic E-state index is 12.8. The molecule has 3 rings (SSSR count).